The molecule has 2 aromatic carbocycles. The van der Waals surface area contributed by atoms with Crippen LogP contribution in [0.1, 0.15) is 69.8 Å². The fraction of sp³-hybridized carbons (Fsp3) is 0.550. The summed E-state index contributed by atoms with van der Waals surface area (Å²) in [7, 11) is 5.48. The van der Waals surface area contributed by atoms with Crippen molar-refractivity contribution >= 4 is 80.8 Å². The lowest BCUT2D eigenvalue weighted by atomic mass is 9.88. The van der Waals surface area contributed by atoms with E-state index in [-0.39, 0.29) is 35.3 Å². The third-order valence-corrected chi connectivity index (χ3v) is 14.6. The number of hydrogen-bond donors (Lipinski definition) is 2. The maximum Gasteiger partial charge on any atom is 0.327 e. The minimum atomic E-state index is -1.76. The molecule has 14 nitrogen and oxygen atoms in total. The molecular formula is C40H52N2O12S4. The van der Waals surface area contributed by atoms with Gasteiger partial charge in [-0.3, -0.25) is 19.2 Å². The highest BCUT2D eigenvalue weighted by Crippen LogP contribution is 2.46. The number of amides is 2. The van der Waals surface area contributed by atoms with Crippen molar-refractivity contribution in [3.8, 4) is 11.5 Å². The molecule has 0 aliphatic carbocycles. The van der Waals surface area contributed by atoms with E-state index in [0.717, 1.165) is 5.56 Å². The van der Waals surface area contributed by atoms with Crippen molar-refractivity contribution < 1.29 is 57.9 Å². The highest BCUT2D eigenvalue weighted by Gasteiger charge is 2.52. The van der Waals surface area contributed by atoms with E-state index in [1.54, 1.807) is 97.2 Å². The van der Waals surface area contributed by atoms with Gasteiger partial charge in [0.2, 0.25) is 11.8 Å². The SMILES string of the molecule is COc1ccc(C2SC[C@@H](C(=O)O)N2C(=O)CCSSCC(COC(=O)C(C)(C)C)(COC(=O)C(C)(C)C)C(=O)N2C(c3ccc(OC)cc3)SC[C@H]2C(=O)O)cc1. The van der Waals surface area contributed by atoms with Gasteiger partial charge in [0.25, 0.3) is 0 Å². The molecule has 0 saturated carbocycles. The highest BCUT2D eigenvalue weighted by molar-refractivity contribution is 8.76. The summed E-state index contributed by atoms with van der Waals surface area (Å²) in [6.07, 6.45) is -0.0307. The van der Waals surface area contributed by atoms with E-state index < -0.39 is 82.1 Å². The van der Waals surface area contributed by atoms with E-state index in [9.17, 15) is 34.2 Å². The number of carboxylic acids is 2. The van der Waals surface area contributed by atoms with Crippen molar-refractivity contribution in [2.24, 2.45) is 16.2 Å². The average molecular weight is 881 g/mol. The summed E-state index contributed by atoms with van der Waals surface area (Å²) < 4.78 is 22.2. The van der Waals surface area contributed by atoms with Crippen LogP contribution >= 0.6 is 45.1 Å². The van der Waals surface area contributed by atoms with Crippen molar-refractivity contribution in [1.29, 1.82) is 0 Å². The summed E-state index contributed by atoms with van der Waals surface area (Å²) in [5, 5.41) is 19.1. The molecule has 0 radical (unpaired) electrons. The van der Waals surface area contributed by atoms with Crippen LogP contribution < -0.4 is 9.47 Å². The number of hydrogen-bond acceptors (Lipinski definition) is 14. The molecule has 2 saturated heterocycles. The number of rotatable bonds is 17. The highest BCUT2D eigenvalue weighted by atomic mass is 33.1. The third kappa shape index (κ3) is 11.5. The molecule has 0 bridgehead atoms. The fourth-order valence-electron chi connectivity index (χ4n) is 5.89. The van der Waals surface area contributed by atoms with Gasteiger partial charge in [0.15, 0.2) is 0 Å². The minimum Gasteiger partial charge on any atom is -0.497 e. The summed E-state index contributed by atoms with van der Waals surface area (Å²) in [5.41, 5.74) is -2.27. The van der Waals surface area contributed by atoms with Crippen LogP contribution in [0.4, 0.5) is 0 Å². The van der Waals surface area contributed by atoms with Gasteiger partial charge in [0.1, 0.15) is 53.0 Å². The number of nitrogens with zero attached hydrogens (tertiary/aromatic N) is 2. The fourth-order valence-corrected chi connectivity index (χ4v) is 11.3. The predicted octanol–water partition coefficient (Wildman–Crippen LogP) is 6.39. The number of carbonyl (C=O) groups is 6. The molecule has 2 aromatic rings. The van der Waals surface area contributed by atoms with E-state index in [2.05, 4.69) is 0 Å². The standard InChI is InChI=1S/C40H52N2O12S4/c1-38(2,3)36(49)53-21-40(22-54-37(50)39(4,5)6,35(48)42-29(34(46)47)20-56-32(42)25-11-15-27(52-8)16-12-25)23-58-57-18-17-30(43)41-28(33(44)45)19-55-31(41)24-9-13-26(51-7)14-10-24/h9-16,28-29,31-32H,17-23H2,1-8H3,(H,44,45)(H,46,47)/t28-,29-,31?,32?/m0/s1. The second-order valence-electron chi connectivity index (χ2n) is 15.9. The van der Waals surface area contributed by atoms with Crippen molar-refractivity contribution in [3.05, 3.63) is 59.7 Å². The molecule has 2 amide bonds. The lowest BCUT2D eigenvalue weighted by Gasteiger charge is -2.39. The summed E-state index contributed by atoms with van der Waals surface area (Å²) in [5.74, 6) is -3.01. The number of benzene rings is 2. The van der Waals surface area contributed by atoms with Crippen LogP contribution in [0.15, 0.2) is 48.5 Å². The third-order valence-electron chi connectivity index (χ3n) is 9.35. The lowest BCUT2D eigenvalue weighted by Crippen LogP contribution is -2.55. The summed E-state index contributed by atoms with van der Waals surface area (Å²) in [6.45, 7) is 8.89. The minimum absolute atomic E-state index is 0.0307. The number of esters is 2. The maximum absolute atomic E-state index is 15.2. The smallest absolute Gasteiger partial charge is 0.327 e. The molecule has 2 heterocycles. The van der Waals surface area contributed by atoms with Gasteiger partial charge in [-0.1, -0.05) is 45.9 Å². The average Bonchev–Trinajstić information content (AvgIpc) is 3.84. The number of ether oxygens (including phenoxy) is 4. The molecule has 2 aliphatic heterocycles. The molecule has 2 fully saturated rings. The zero-order chi connectivity index (χ0) is 43.0. The number of carboxylic acid groups (broad SMARTS) is 2. The summed E-state index contributed by atoms with van der Waals surface area (Å²) >= 11 is 2.63. The van der Waals surface area contributed by atoms with Crippen LogP contribution in [0.25, 0.3) is 0 Å². The first-order chi connectivity index (χ1) is 27.2. The Morgan fingerprint density at radius 3 is 1.48 bits per heavy atom. The predicted molar refractivity (Wildman–Crippen MR) is 226 cm³/mol. The van der Waals surface area contributed by atoms with Crippen molar-refractivity contribution in [1.82, 2.24) is 9.80 Å². The van der Waals surface area contributed by atoms with Gasteiger partial charge in [-0.25, -0.2) is 9.59 Å². The van der Waals surface area contributed by atoms with Crippen LogP contribution in [-0.2, 0) is 38.2 Å². The zero-order valence-electron chi connectivity index (χ0n) is 33.9. The van der Waals surface area contributed by atoms with Gasteiger partial charge in [-0.2, -0.15) is 0 Å². The Morgan fingerprint density at radius 2 is 1.09 bits per heavy atom. The Hall–Kier alpha value is -3.74. The monoisotopic (exact) mass is 880 g/mol. The molecule has 18 heteroatoms. The first kappa shape index (κ1) is 46.9. The molecule has 2 aliphatic rings. The van der Waals surface area contributed by atoms with Crippen LogP contribution in [0.5, 0.6) is 11.5 Å². The number of methoxy groups -OCH3 is 2. The van der Waals surface area contributed by atoms with Crippen molar-refractivity contribution in [3.63, 3.8) is 0 Å². The quantitative estimate of drug-likeness (QED) is 0.101. The Bertz CT molecular complexity index is 1770. The van der Waals surface area contributed by atoms with Gasteiger partial charge in [-0.15, -0.1) is 23.5 Å². The number of aliphatic carboxylic acids is 2. The van der Waals surface area contributed by atoms with Gasteiger partial charge >= 0.3 is 23.9 Å². The molecule has 4 atom stereocenters. The second kappa shape index (κ2) is 20.0. The van der Waals surface area contributed by atoms with E-state index in [1.807, 2.05) is 0 Å². The van der Waals surface area contributed by atoms with Crippen molar-refractivity contribution in [2.75, 3.05) is 50.4 Å². The van der Waals surface area contributed by atoms with Crippen molar-refractivity contribution in [2.45, 2.75) is 70.8 Å². The van der Waals surface area contributed by atoms with E-state index in [1.165, 1.54) is 62.0 Å². The normalized spacial score (nSPS) is 19.7. The van der Waals surface area contributed by atoms with E-state index >= 15 is 4.79 Å². The molecule has 2 unspecified atom stereocenters. The molecule has 4 rings (SSSR count). The Morgan fingerprint density at radius 1 is 0.672 bits per heavy atom. The topological polar surface area (TPSA) is 186 Å². The lowest BCUT2D eigenvalue weighted by molar-refractivity contribution is -0.171. The largest absolute Gasteiger partial charge is 0.497 e. The Labute approximate surface area is 355 Å². The first-order valence-electron chi connectivity index (χ1n) is 18.4. The zero-order valence-corrected chi connectivity index (χ0v) is 37.1. The Kier molecular flexibility index (Phi) is 16.2. The molecule has 58 heavy (non-hydrogen) atoms. The summed E-state index contributed by atoms with van der Waals surface area (Å²) in [4.78, 5) is 82.9. The molecular weight excluding hydrogens is 829 g/mol. The van der Waals surface area contributed by atoms with E-state index in [4.69, 9.17) is 18.9 Å². The maximum atomic E-state index is 15.2. The van der Waals surface area contributed by atoms with Gasteiger partial charge in [0.05, 0.1) is 25.0 Å². The number of carbonyl (C=O) groups excluding carboxylic acids is 4. The van der Waals surface area contributed by atoms with Crippen LogP contribution in [-0.4, -0.2) is 118 Å². The van der Waals surface area contributed by atoms with Gasteiger partial charge < -0.3 is 39.0 Å². The van der Waals surface area contributed by atoms with Crippen LogP contribution in [0.2, 0.25) is 0 Å². The number of thioether (sulfide) groups is 2. The van der Waals surface area contributed by atoms with Crippen LogP contribution in [0.3, 0.4) is 0 Å². The summed E-state index contributed by atoms with van der Waals surface area (Å²) in [6, 6.07) is 11.7. The molecule has 2 N–H and O–H groups in total. The molecule has 0 spiro atoms. The van der Waals surface area contributed by atoms with Gasteiger partial charge in [0, 0.05) is 29.4 Å². The van der Waals surface area contributed by atoms with Crippen LogP contribution in [0, 0.1) is 16.2 Å². The molecule has 0 aromatic heterocycles. The first-order valence-corrected chi connectivity index (χ1v) is 23.0. The van der Waals surface area contributed by atoms with Gasteiger partial charge in [-0.05, 0) is 76.9 Å². The Balaban J connectivity index is 1.63. The second-order valence-corrected chi connectivity index (χ2v) is 20.7. The molecule has 318 valence electrons. The van der Waals surface area contributed by atoms with E-state index in [0.29, 0.717) is 17.1 Å².